The fraction of sp³-hybridized carbons (Fsp3) is 0.389. The van der Waals surface area contributed by atoms with E-state index in [-0.39, 0.29) is 18.6 Å². The largest absolute Gasteiger partial charge is 0.468 e. The van der Waals surface area contributed by atoms with Crippen molar-refractivity contribution in [2.24, 2.45) is 0 Å². The van der Waals surface area contributed by atoms with Crippen LogP contribution in [0.15, 0.2) is 47.1 Å². The zero-order chi connectivity index (χ0) is 16.9. The van der Waals surface area contributed by atoms with E-state index in [1.165, 1.54) is 11.0 Å². The predicted molar refractivity (Wildman–Crippen MR) is 88.1 cm³/mol. The van der Waals surface area contributed by atoms with Gasteiger partial charge in [-0.1, -0.05) is 12.1 Å². The van der Waals surface area contributed by atoms with Crippen molar-refractivity contribution in [3.63, 3.8) is 0 Å². The summed E-state index contributed by atoms with van der Waals surface area (Å²) in [6.45, 7) is 0.486. The van der Waals surface area contributed by atoms with Crippen LogP contribution in [0.25, 0.3) is 0 Å². The molecule has 1 aromatic carbocycles. The number of nitrogens with zero attached hydrogens (tertiary/aromatic N) is 1. The Morgan fingerprint density at radius 3 is 2.88 bits per heavy atom. The van der Waals surface area contributed by atoms with Gasteiger partial charge in [0.2, 0.25) is 5.91 Å². The molecule has 0 spiro atoms. The Hall–Kier alpha value is -2.18. The molecule has 2 N–H and O–H groups in total. The quantitative estimate of drug-likeness (QED) is 0.853. The second-order valence-electron chi connectivity index (χ2n) is 5.88. The monoisotopic (exact) mass is 332 g/mol. The number of para-hydroxylation sites is 1. The first-order chi connectivity index (χ1) is 11.7. The molecule has 1 aromatic heterocycles. The van der Waals surface area contributed by atoms with E-state index in [1.54, 1.807) is 30.5 Å². The fourth-order valence-corrected chi connectivity index (χ4v) is 3.11. The van der Waals surface area contributed by atoms with Crippen LogP contribution in [0.4, 0.5) is 10.1 Å². The Morgan fingerprint density at radius 2 is 2.17 bits per heavy atom. The first-order valence-electron chi connectivity index (χ1n) is 8.17. The summed E-state index contributed by atoms with van der Waals surface area (Å²) in [6, 6.07) is 9.21. The summed E-state index contributed by atoms with van der Waals surface area (Å²) >= 11 is 0. The molecule has 0 radical (unpaired) electrons. The van der Waals surface area contributed by atoms with Gasteiger partial charge in [-0.2, -0.15) is 0 Å². The van der Waals surface area contributed by atoms with Gasteiger partial charge in [-0.05, 0) is 43.5 Å². The lowest BCUT2D eigenvalue weighted by molar-refractivity contribution is -0.122. The molecule has 1 saturated heterocycles. The smallest absolute Gasteiger partial charge is 0.244 e. The molecular weight excluding hydrogens is 311 g/mol. The van der Waals surface area contributed by atoms with Crippen LogP contribution in [0.3, 0.4) is 0 Å². The highest BCUT2D eigenvalue weighted by Crippen LogP contribution is 2.26. The number of halogens is 1. The number of carbonyl (C=O) groups excluding carboxylic acids is 1. The van der Waals surface area contributed by atoms with Gasteiger partial charge in [0.25, 0.3) is 0 Å². The maximum Gasteiger partial charge on any atom is 0.244 e. The predicted octanol–water partition coefficient (Wildman–Crippen LogP) is 2.63. The van der Waals surface area contributed by atoms with E-state index in [0.29, 0.717) is 30.8 Å². The van der Waals surface area contributed by atoms with Crippen LogP contribution >= 0.6 is 0 Å². The standard InChI is InChI=1S/C18H21FN2O3/c19-13-5-1-2-7-16(13)21-10-3-6-15(18(21)23)20-14(9-11-22)17-8-4-12-24-17/h1-2,4-5,7-8,12,14-15,20,22H,3,6,9-11H2. The summed E-state index contributed by atoms with van der Waals surface area (Å²) in [6.07, 6.45) is 3.46. The maximum atomic E-state index is 14.0. The van der Waals surface area contributed by atoms with Crippen molar-refractivity contribution >= 4 is 11.6 Å². The number of hydrogen-bond donors (Lipinski definition) is 2. The molecular formula is C18H21FN2O3. The Balaban J connectivity index is 1.76. The lowest BCUT2D eigenvalue weighted by Crippen LogP contribution is -2.52. The number of benzene rings is 1. The number of rotatable bonds is 6. The van der Waals surface area contributed by atoms with Crippen molar-refractivity contribution in [2.75, 3.05) is 18.1 Å². The molecule has 2 heterocycles. The average molecular weight is 332 g/mol. The second kappa shape index (κ2) is 7.59. The van der Waals surface area contributed by atoms with Gasteiger partial charge < -0.3 is 14.4 Å². The number of anilines is 1. The minimum Gasteiger partial charge on any atom is -0.468 e. The molecule has 3 rings (SSSR count). The number of carbonyl (C=O) groups is 1. The van der Waals surface area contributed by atoms with Crippen LogP contribution in [0.2, 0.25) is 0 Å². The molecule has 1 amide bonds. The average Bonchev–Trinajstić information content (AvgIpc) is 3.11. The molecule has 1 aliphatic rings. The molecule has 5 nitrogen and oxygen atoms in total. The summed E-state index contributed by atoms with van der Waals surface area (Å²) in [4.78, 5) is 14.3. The van der Waals surface area contributed by atoms with E-state index in [4.69, 9.17) is 4.42 Å². The molecule has 1 fully saturated rings. The van der Waals surface area contributed by atoms with Gasteiger partial charge >= 0.3 is 0 Å². The Bertz CT molecular complexity index is 675. The van der Waals surface area contributed by atoms with Crippen LogP contribution in [-0.2, 0) is 4.79 Å². The number of aliphatic hydroxyl groups is 1. The maximum absolute atomic E-state index is 14.0. The first-order valence-corrected chi connectivity index (χ1v) is 8.17. The van der Waals surface area contributed by atoms with Crippen LogP contribution in [0.1, 0.15) is 31.1 Å². The van der Waals surface area contributed by atoms with E-state index < -0.39 is 11.9 Å². The van der Waals surface area contributed by atoms with E-state index in [1.807, 2.05) is 6.07 Å². The van der Waals surface area contributed by atoms with Crippen LogP contribution < -0.4 is 10.2 Å². The van der Waals surface area contributed by atoms with Gasteiger partial charge in [0, 0.05) is 13.2 Å². The fourth-order valence-electron chi connectivity index (χ4n) is 3.11. The highest BCUT2D eigenvalue weighted by Gasteiger charge is 2.32. The molecule has 2 aromatic rings. The zero-order valence-corrected chi connectivity index (χ0v) is 13.3. The number of aliphatic hydroxyl groups excluding tert-OH is 1. The number of piperidine rings is 1. The molecule has 0 bridgehead atoms. The summed E-state index contributed by atoms with van der Waals surface area (Å²) in [5, 5.41) is 12.5. The number of nitrogens with one attached hydrogen (secondary N) is 1. The highest BCUT2D eigenvalue weighted by molar-refractivity contribution is 5.98. The summed E-state index contributed by atoms with van der Waals surface area (Å²) in [5.41, 5.74) is 0.311. The summed E-state index contributed by atoms with van der Waals surface area (Å²) in [7, 11) is 0. The van der Waals surface area contributed by atoms with Crippen molar-refractivity contribution in [1.29, 1.82) is 0 Å². The van der Waals surface area contributed by atoms with Crippen LogP contribution in [-0.4, -0.2) is 30.2 Å². The Kier molecular flexibility index (Phi) is 5.27. The molecule has 24 heavy (non-hydrogen) atoms. The molecule has 6 heteroatoms. The van der Waals surface area contributed by atoms with Crippen molar-refractivity contribution in [3.05, 3.63) is 54.2 Å². The van der Waals surface area contributed by atoms with Gasteiger partial charge in [0.15, 0.2) is 0 Å². The van der Waals surface area contributed by atoms with Crippen molar-refractivity contribution in [1.82, 2.24) is 5.32 Å². The lowest BCUT2D eigenvalue weighted by Gasteiger charge is -2.34. The van der Waals surface area contributed by atoms with Crippen molar-refractivity contribution in [2.45, 2.75) is 31.3 Å². The summed E-state index contributed by atoms with van der Waals surface area (Å²) < 4.78 is 19.4. The third-order valence-corrected chi connectivity index (χ3v) is 4.29. The first kappa shape index (κ1) is 16.7. The van der Waals surface area contributed by atoms with Crippen molar-refractivity contribution in [3.8, 4) is 0 Å². The van der Waals surface area contributed by atoms with Gasteiger partial charge in [0.1, 0.15) is 11.6 Å². The second-order valence-corrected chi connectivity index (χ2v) is 5.88. The topological polar surface area (TPSA) is 65.7 Å². The number of furan rings is 1. The van der Waals surface area contributed by atoms with Gasteiger partial charge in [0.05, 0.1) is 24.0 Å². The molecule has 2 atom stereocenters. The minimum atomic E-state index is -0.431. The molecule has 128 valence electrons. The third-order valence-electron chi connectivity index (χ3n) is 4.29. The number of hydrogen-bond acceptors (Lipinski definition) is 4. The highest BCUT2D eigenvalue weighted by atomic mass is 19.1. The van der Waals surface area contributed by atoms with Gasteiger partial charge in [-0.3, -0.25) is 10.1 Å². The molecule has 0 saturated carbocycles. The number of amides is 1. The lowest BCUT2D eigenvalue weighted by atomic mass is 10.0. The van der Waals surface area contributed by atoms with Crippen LogP contribution in [0, 0.1) is 5.82 Å². The normalized spacial score (nSPS) is 19.5. The van der Waals surface area contributed by atoms with E-state index in [0.717, 1.165) is 6.42 Å². The van der Waals surface area contributed by atoms with E-state index in [9.17, 15) is 14.3 Å². The van der Waals surface area contributed by atoms with E-state index in [2.05, 4.69) is 5.32 Å². The molecule has 2 unspecified atom stereocenters. The van der Waals surface area contributed by atoms with Crippen LogP contribution in [0.5, 0.6) is 0 Å². The zero-order valence-electron chi connectivity index (χ0n) is 13.3. The Morgan fingerprint density at radius 1 is 1.33 bits per heavy atom. The van der Waals surface area contributed by atoms with Gasteiger partial charge in [-0.25, -0.2) is 4.39 Å². The van der Waals surface area contributed by atoms with E-state index >= 15 is 0 Å². The Labute approximate surface area is 140 Å². The SMILES string of the molecule is O=C1C(NC(CCO)c2ccco2)CCCN1c1ccccc1F. The van der Waals surface area contributed by atoms with Gasteiger partial charge in [-0.15, -0.1) is 0 Å². The molecule has 1 aliphatic heterocycles. The molecule has 0 aliphatic carbocycles. The third kappa shape index (κ3) is 3.49. The minimum absolute atomic E-state index is 0.0176. The van der Waals surface area contributed by atoms with Crippen molar-refractivity contribution < 1.29 is 18.7 Å². The summed E-state index contributed by atoms with van der Waals surface area (Å²) in [5.74, 6) is 0.130.